The third kappa shape index (κ3) is 3.48. The highest BCUT2D eigenvalue weighted by molar-refractivity contribution is 9.11. The van der Waals surface area contributed by atoms with Crippen LogP contribution in [0.25, 0.3) is 0 Å². The van der Waals surface area contributed by atoms with Gasteiger partial charge in [-0.2, -0.15) is 5.10 Å². The summed E-state index contributed by atoms with van der Waals surface area (Å²) in [5.74, 6) is 0. The fourth-order valence-electron chi connectivity index (χ4n) is 1.76. The third-order valence-corrected chi connectivity index (χ3v) is 4.37. The molecule has 0 radical (unpaired) electrons. The lowest BCUT2D eigenvalue weighted by molar-refractivity contribution is 0.169. The number of aromatic nitrogens is 3. The molecule has 0 saturated heterocycles. The molecule has 1 atom stereocenters. The Morgan fingerprint density at radius 3 is 2.70 bits per heavy atom. The van der Waals surface area contributed by atoms with E-state index in [2.05, 4.69) is 57.9 Å². The predicted octanol–water partition coefficient (Wildman–Crippen LogP) is 3.29. The Kier molecular flexibility index (Phi) is 5.74. The number of halogens is 3. The van der Waals surface area contributed by atoms with E-state index in [1.165, 1.54) is 0 Å². The van der Waals surface area contributed by atoms with E-state index in [9.17, 15) is 5.11 Å². The zero-order valence-electron chi connectivity index (χ0n) is 10.6. The molecule has 108 valence electrons. The smallest absolute Gasteiger partial charge is 0.140 e. The van der Waals surface area contributed by atoms with Crippen LogP contribution in [0.2, 0.25) is 0 Å². The van der Waals surface area contributed by atoms with Crippen LogP contribution < -0.4 is 0 Å². The molecule has 0 aromatic carbocycles. The van der Waals surface area contributed by atoms with E-state index in [0.717, 1.165) is 13.4 Å². The van der Waals surface area contributed by atoms with Gasteiger partial charge in [0.1, 0.15) is 6.10 Å². The Morgan fingerprint density at radius 1 is 1.30 bits per heavy atom. The van der Waals surface area contributed by atoms with Gasteiger partial charge in [0.25, 0.3) is 0 Å². The van der Waals surface area contributed by atoms with Crippen molar-refractivity contribution in [3.05, 3.63) is 43.3 Å². The molecule has 2 aromatic rings. The Morgan fingerprint density at radius 2 is 2.05 bits per heavy atom. The van der Waals surface area contributed by atoms with Gasteiger partial charge < -0.3 is 9.84 Å². The van der Waals surface area contributed by atoms with Crippen molar-refractivity contribution in [2.75, 3.05) is 13.7 Å². The van der Waals surface area contributed by atoms with Gasteiger partial charge in [0.15, 0.2) is 0 Å². The number of hydrogen-bond donors (Lipinski definition) is 1. The number of aliphatic hydroxyl groups is 1. The van der Waals surface area contributed by atoms with Crippen LogP contribution in [0, 0.1) is 0 Å². The number of rotatable bonds is 5. The number of hydrogen-bond acceptors (Lipinski definition) is 4. The molecule has 2 rings (SSSR count). The molecule has 8 heteroatoms. The number of aliphatic hydroxyl groups excluding tert-OH is 1. The highest BCUT2D eigenvalue weighted by atomic mass is 79.9. The van der Waals surface area contributed by atoms with Crippen molar-refractivity contribution in [3.63, 3.8) is 0 Å². The van der Waals surface area contributed by atoms with Crippen LogP contribution in [0.1, 0.15) is 17.5 Å². The zero-order chi connectivity index (χ0) is 14.7. The predicted molar refractivity (Wildman–Crippen MR) is 85.5 cm³/mol. The van der Waals surface area contributed by atoms with Crippen molar-refractivity contribution in [3.8, 4) is 0 Å². The maximum atomic E-state index is 10.6. The Balaban J connectivity index is 2.37. The molecule has 0 aliphatic heterocycles. The summed E-state index contributed by atoms with van der Waals surface area (Å²) in [4.78, 5) is 4.26. The molecular formula is C12H12Br3N3O2. The molecule has 1 N–H and O–H groups in total. The van der Waals surface area contributed by atoms with Crippen molar-refractivity contribution >= 4 is 47.8 Å². The summed E-state index contributed by atoms with van der Waals surface area (Å²) in [5.41, 5.74) is 1.19. The molecule has 0 fully saturated rings. The molecule has 2 aromatic heterocycles. The average Bonchev–Trinajstić information content (AvgIpc) is 2.77. The lowest BCUT2D eigenvalue weighted by atomic mass is 10.1. The van der Waals surface area contributed by atoms with Crippen molar-refractivity contribution in [2.24, 2.45) is 0 Å². The molecule has 2 heterocycles. The van der Waals surface area contributed by atoms with E-state index in [0.29, 0.717) is 24.5 Å². The molecule has 0 aliphatic carbocycles. The Labute approximate surface area is 141 Å². The molecule has 5 nitrogen and oxygen atoms in total. The van der Waals surface area contributed by atoms with Gasteiger partial charge in [0.05, 0.1) is 35.2 Å². The van der Waals surface area contributed by atoms with E-state index in [4.69, 9.17) is 4.74 Å². The van der Waals surface area contributed by atoms with Gasteiger partial charge in [-0.1, -0.05) is 0 Å². The van der Waals surface area contributed by atoms with Gasteiger partial charge in [0.2, 0.25) is 0 Å². The first-order valence-electron chi connectivity index (χ1n) is 5.73. The summed E-state index contributed by atoms with van der Waals surface area (Å²) in [5, 5.41) is 14.8. The van der Waals surface area contributed by atoms with Gasteiger partial charge in [-0.15, -0.1) is 0 Å². The van der Waals surface area contributed by atoms with Crippen LogP contribution in [-0.4, -0.2) is 33.6 Å². The number of nitrogens with zero attached hydrogens (tertiary/aromatic N) is 3. The second kappa shape index (κ2) is 7.13. The monoisotopic (exact) mass is 467 g/mol. The largest absolute Gasteiger partial charge is 0.383 e. The molecule has 0 saturated carbocycles. The van der Waals surface area contributed by atoms with Gasteiger partial charge in [0, 0.05) is 22.3 Å². The number of methoxy groups -OCH3 is 1. The van der Waals surface area contributed by atoms with Crippen molar-refractivity contribution in [1.29, 1.82) is 0 Å². The first-order valence-corrected chi connectivity index (χ1v) is 8.11. The van der Waals surface area contributed by atoms with Crippen LogP contribution in [0.15, 0.2) is 31.9 Å². The van der Waals surface area contributed by atoms with Gasteiger partial charge in [-0.3, -0.25) is 9.67 Å². The summed E-state index contributed by atoms with van der Waals surface area (Å²) < 4.78 is 9.05. The number of pyridine rings is 1. The van der Waals surface area contributed by atoms with E-state index in [1.54, 1.807) is 24.2 Å². The van der Waals surface area contributed by atoms with Gasteiger partial charge in [-0.05, 0) is 53.9 Å². The molecule has 1 unspecified atom stereocenters. The summed E-state index contributed by atoms with van der Waals surface area (Å²) in [6.45, 7) is 1.07. The molecule has 0 amide bonds. The quantitative estimate of drug-likeness (QED) is 0.730. The SMILES string of the molecule is COCCn1ncc(Br)c1C(O)c1ncc(Br)cc1Br. The molecule has 0 bridgehead atoms. The summed E-state index contributed by atoms with van der Waals surface area (Å²) in [6.07, 6.45) is 2.42. The zero-order valence-corrected chi connectivity index (χ0v) is 15.3. The molecule has 0 aliphatic rings. The maximum absolute atomic E-state index is 10.6. The van der Waals surface area contributed by atoms with Gasteiger partial charge in [-0.25, -0.2) is 0 Å². The van der Waals surface area contributed by atoms with E-state index in [-0.39, 0.29) is 0 Å². The maximum Gasteiger partial charge on any atom is 0.140 e. The fraction of sp³-hybridized carbons (Fsp3) is 0.333. The van der Waals surface area contributed by atoms with E-state index >= 15 is 0 Å². The third-order valence-electron chi connectivity index (χ3n) is 2.69. The highest BCUT2D eigenvalue weighted by Crippen LogP contribution is 2.32. The average molecular weight is 470 g/mol. The van der Waals surface area contributed by atoms with E-state index < -0.39 is 6.10 Å². The Bertz CT molecular complexity index is 604. The lowest BCUT2D eigenvalue weighted by Crippen LogP contribution is -2.14. The Hall–Kier alpha value is -0.280. The second-order valence-corrected chi connectivity index (χ2v) is 6.64. The fourth-order valence-corrected chi connectivity index (χ4v) is 3.47. The van der Waals surface area contributed by atoms with Crippen molar-refractivity contribution in [1.82, 2.24) is 14.8 Å². The van der Waals surface area contributed by atoms with Crippen molar-refractivity contribution in [2.45, 2.75) is 12.6 Å². The minimum absolute atomic E-state index is 0.517. The van der Waals surface area contributed by atoms with Crippen LogP contribution in [0.3, 0.4) is 0 Å². The normalized spacial score (nSPS) is 12.7. The van der Waals surface area contributed by atoms with Crippen LogP contribution in [-0.2, 0) is 11.3 Å². The molecular weight excluding hydrogens is 458 g/mol. The van der Waals surface area contributed by atoms with Crippen LogP contribution in [0.5, 0.6) is 0 Å². The first-order chi connectivity index (χ1) is 9.54. The summed E-state index contributed by atoms with van der Waals surface area (Å²) in [7, 11) is 1.63. The van der Waals surface area contributed by atoms with Gasteiger partial charge >= 0.3 is 0 Å². The summed E-state index contributed by atoms with van der Waals surface area (Å²) >= 11 is 10.2. The lowest BCUT2D eigenvalue weighted by Gasteiger charge is -2.15. The molecule has 0 spiro atoms. The minimum atomic E-state index is -0.883. The van der Waals surface area contributed by atoms with Crippen LogP contribution in [0.4, 0.5) is 0 Å². The topological polar surface area (TPSA) is 60.2 Å². The summed E-state index contributed by atoms with van der Waals surface area (Å²) in [6, 6.07) is 1.84. The number of ether oxygens (including phenoxy) is 1. The second-order valence-electron chi connectivity index (χ2n) is 4.02. The standard InChI is InChI=1S/C12H12Br3N3O2/c1-20-3-2-18-11(9(15)6-17-18)12(19)10-8(14)4-7(13)5-16-10/h4-6,12,19H,2-3H2,1H3. The van der Waals surface area contributed by atoms with Crippen LogP contribution >= 0.6 is 47.8 Å². The van der Waals surface area contributed by atoms with Crippen molar-refractivity contribution < 1.29 is 9.84 Å². The molecule has 20 heavy (non-hydrogen) atoms. The minimum Gasteiger partial charge on any atom is -0.383 e. The van der Waals surface area contributed by atoms with E-state index in [1.807, 2.05) is 6.07 Å². The first kappa shape index (κ1) is 16.1. The highest BCUT2D eigenvalue weighted by Gasteiger charge is 2.22.